The standard InChI is InChI=1S/C51H33N5/c1-3-15-34(16-4-1)35-27-29-36(30-28-35)38-31-32-48-43(33-38)41-21-9-13-25-46(41)56(48)51-53-49(37-17-5-2-6-18-37)52-50(54-51)42-22-10-14-26-47(42)55-44-23-11-7-19-39(44)40-20-8-12-24-45(40)55/h1-33H. The highest BCUT2D eigenvalue weighted by atomic mass is 15.2. The Morgan fingerprint density at radius 2 is 0.732 bits per heavy atom. The summed E-state index contributed by atoms with van der Waals surface area (Å²) in [6, 6.07) is 70.3. The number of benzene rings is 8. The first-order chi connectivity index (χ1) is 27.8. The third-order valence-corrected chi connectivity index (χ3v) is 10.8. The molecule has 0 spiro atoms. The highest BCUT2D eigenvalue weighted by Gasteiger charge is 2.21. The molecule has 11 rings (SSSR count). The summed E-state index contributed by atoms with van der Waals surface area (Å²) in [4.78, 5) is 15.8. The van der Waals surface area contributed by atoms with E-state index in [1.54, 1.807) is 0 Å². The quantitative estimate of drug-likeness (QED) is 0.172. The zero-order valence-corrected chi connectivity index (χ0v) is 30.3. The molecular weight excluding hydrogens is 683 g/mol. The molecule has 0 saturated carbocycles. The lowest BCUT2D eigenvalue weighted by Crippen LogP contribution is -2.07. The summed E-state index contributed by atoms with van der Waals surface area (Å²) in [5, 5.41) is 4.69. The lowest BCUT2D eigenvalue weighted by atomic mass is 9.99. The average Bonchev–Trinajstić information content (AvgIpc) is 3.79. The molecule has 11 aromatic rings. The van der Waals surface area contributed by atoms with Gasteiger partial charge in [0.25, 0.3) is 0 Å². The molecule has 56 heavy (non-hydrogen) atoms. The number of hydrogen-bond donors (Lipinski definition) is 0. The first kappa shape index (κ1) is 31.9. The van der Waals surface area contributed by atoms with Gasteiger partial charge in [-0.05, 0) is 64.7 Å². The fraction of sp³-hybridized carbons (Fsp3) is 0. The van der Waals surface area contributed by atoms with Crippen LogP contribution in [0.2, 0.25) is 0 Å². The Kier molecular flexibility index (Phi) is 7.42. The largest absolute Gasteiger partial charge is 0.309 e. The van der Waals surface area contributed by atoms with Crippen LogP contribution < -0.4 is 0 Å². The topological polar surface area (TPSA) is 48.5 Å². The van der Waals surface area contributed by atoms with E-state index >= 15 is 0 Å². The fourth-order valence-corrected chi connectivity index (χ4v) is 8.19. The van der Waals surface area contributed by atoms with Gasteiger partial charge in [-0.25, -0.2) is 4.98 Å². The summed E-state index contributed by atoms with van der Waals surface area (Å²) in [5.41, 5.74) is 11.9. The second kappa shape index (κ2) is 13.0. The molecule has 0 aliphatic heterocycles. The van der Waals surface area contributed by atoms with Crippen LogP contribution in [0.25, 0.3) is 100 Å². The van der Waals surface area contributed by atoms with E-state index in [-0.39, 0.29) is 0 Å². The van der Waals surface area contributed by atoms with Crippen molar-refractivity contribution in [2.24, 2.45) is 0 Å². The second-order valence-corrected chi connectivity index (χ2v) is 14.1. The minimum Gasteiger partial charge on any atom is -0.309 e. The number of para-hydroxylation sites is 4. The number of hydrogen-bond acceptors (Lipinski definition) is 3. The third-order valence-electron chi connectivity index (χ3n) is 10.8. The molecule has 0 unspecified atom stereocenters. The van der Waals surface area contributed by atoms with Crippen LogP contribution in [0.15, 0.2) is 200 Å². The maximum absolute atomic E-state index is 5.35. The molecule has 3 heterocycles. The summed E-state index contributed by atoms with van der Waals surface area (Å²) in [6.07, 6.45) is 0. The van der Waals surface area contributed by atoms with Crippen molar-refractivity contribution in [2.75, 3.05) is 0 Å². The number of rotatable bonds is 6. The Bertz CT molecular complexity index is 3180. The predicted molar refractivity (Wildman–Crippen MR) is 230 cm³/mol. The molecule has 0 aliphatic rings. The van der Waals surface area contributed by atoms with Crippen LogP contribution in [0, 0.1) is 0 Å². The van der Waals surface area contributed by atoms with Gasteiger partial charge < -0.3 is 4.57 Å². The minimum absolute atomic E-state index is 0.567. The molecule has 0 fully saturated rings. The summed E-state index contributed by atoms with van der Waals surface area (Å²) in [7, 11) is 0. The smallest absolute Gasteiger partial charge is 0.238 e. The Morgan fingerprint density at radius 1 is 0.286 bits per heavy atom. The van der Waals surface area contributed by atoms with Crippen LogP contribution in [-0.4, -0.2) is 24.1 Å². The monoisotopic (exact) mass is 715 g/mol. The third kappa shape index (κ3) is 5.21. The Balaban J connectivity index is 1.12. The van der Waals surface area contributed by atoms with Gasteiger partial charge in [-0.3, -0.25) is 4.57 Å². The molecule has 0 N–H and O–H groups in total. The lowest BCUT2D eigenvalue weighted by Gasteiger charge is -2.15. The summed E-state index contributed by atoms with van der Waals surface area (Å²) < 4.78 is 4.52. The van der Waals surface area contributed by atoms with Crippen LogP contribution in [-0.2, 0) is 0 Å². The van der Waals surface area contributed by atoms with Crippen LogP contribution in [0.5, 0.6) is 0 Å². The summed E-state index contributed by atoms with van der Waals surface area (Å²) >= 11 is 0. The van der Waals surface area contributed by atoms with E-state index in [1.807, 2.05) is 18.2 Å². The molecule has 5 nitrogen and oxygen atoms in total. The SMILES string of the molecule is c1ccc(-c2ccc(-c3ccc4c(c3)c3ccccc3n4-c3nc(-c4ccccc4)nc(-c4ccccc4-n4c5ccccc5c5ccccc54)n3)cc2)cc1. The molecule has 262 valence electrons. The summed E-state index contributed by atoms with van der Waals surface area (Å²) in [6.45, 7) is 0. The molecule has 0 amide bonds. The average molecular weight is 716 g/mol. The maximum Gasteiger partial charge on any atom is 0.238 e. The van der Waals surface area contributed by atoms with Crippen molar-refractivity contribution in [3.63, 3.8) is 0 Å². The molecule has 0 radical (unpaired) electrons. The van der Waals surface area contributed by atoms with Crippen LogP contribution in [0.4, 0.5) is 0 Å². The van der Waals surface area contributed by atoms with Crippen LogP contribution in [0.3, 0.4) is 0 Å². The number of nitrogens with zero attached hydrogens (tertiary/aromatic N) is 5. The molecule has 0 bridgehead atoms. The van der Waals surface area contributed by atoms with Crippen molar-refractivity contribution in [1.82, 2.24) is 24.1 Å². The minimum atomic E-state index is 0.567. The second-order valence-electron chi connectivity index (χ2n) is 14.1. The normalized spacial score (nSPS) is 11.6. The zero-order chi connectivity index (χ0) is 37.0. The predicted octanol–water partition coefficient (Wildman–Crippen LogP) is 12.7. The van der Waals surface area contributed by atoms with E-state index in [9.17, 15) is 0 Å². The number of fused-ring (bicyclic) bond motifs is 6. The van der Waals surface area contributed by atoms with Gasteiger partial charge in [0.05, 0.1) is 27.8 Å². The van der Waals surface area contributed by atoms with E-state index in [1.165, 1.54) is 27.5 Å². The van der Waals surface area contributed by atoms with Crippen molar-refractivity contribution < 1.29 is 0 Å². The first-order valence-corrected chi connectivity index (χ1v) is 18.9. The molecule has 0 aliphatic carbocycles. The van der Waals surface area contributed by atoms with Gasteiger partial charge in [0, 0.05) is 32.7 Å². The van der Waals surface area contributed by atoms with Crippen molar-refractivity contribution in [3.05, 3.63) is 200 Å². The van der Waals surface area contributed by atoms with E-state index in [2.05, 4.69) is 191 Å². The summed E-state index contributed by atoms with van der Waals surface area (Å²) in [5.74, 6) is 1.79. The molecule has 5 heteroatoms. The maximum atomic E-state index is 5.35. The Hall–Kier alpha value is -7.63. The van der Waals surface area contributed by atoms with Gasteiger partial charge in [-0.15, -0.1) is 0 Å². The van der Waals surface area contributed by atoms with Gasteiger partial charge in [-0.2, -0.15) is 9.97 Å². The van der Waals surface area contributed by atoms with Crippen LogP contribution >= 0.6 is 0 Å². The highest BCUT2D eigenvalue weighted by Crippen LogP contribution is 2.38. The molecule has 0 saturated heterocycles. The van der Waals surface area contributed by atoms with Crippen LogP contribution in [0.1, 0.15) is 0 Å². The molecule has 3 aromatic heterocycles. The van der Waals surface area contributed by atoms with Crippen molar-refractivity contribution in [1.29, 1.82) is 0 Å². The lowest BCUT2D eigenvalue weighted by molar-refractivity contribution is 0.951. The van der Waals surface area contributed by atoms with E-state index in [0.717, 1.165) is 55.2 Å². The molecule has 0 atom stereocenters. The highest BCUT2D eigenvalue weighted by molar-refractivity contribution is 6.11. The van der Waals surface area contributed by atoms with Crippen molar-refractivity contribution in [2.45, 2.75) is 0 Å². The van der Waals surface area contributed by atoms with Gasteiger partial charge in [0.15, 0.2) is 11.6 Å². The van der Waals surface area contributed by atoms with Gasteiger partial charge in [-0.1, -0.05) is 158 Å². The Morgan fingerprint density at radius 3 is 1.39 bits per heavy atom. The van der Waals surface area contributed by atoms with Gasteiger partial charge in [0.1, 0.15) is 0 Å². The molecular formula is C51H33N5. The Labute approximate surface area is 323 Å². The zero-order valence-electron chi connectivity index (χ0n) is 30.3. The molecule has 8 aromatic carbocycles. The fourth-order valence-electron chi connectivity index (χ4n) is 8.19. The van der Waals surface area contributed by atoms with E-state index < -0.39 is 0 Å². The van der Waals surface area contributed by atoms with Gasteiger partial charge >= 0.3 is 0 Å². The number of aromatic nitrogens is 5. The van der Waals surface area contributed by atoms with Crippen molar-refractivity contribution >= 4 is 43.6 Å². The van der Waals surface area contributed by atoms with E-state index in [0.29, 0.717) is 17.6 Å². The van der Waals surface area contributed by atoms with E-state index in [4.69, 9.17) is 15.0 Å². The first-order valence-electron chi connectivity index (χ1n) is 18.9. The van der Waals surface area contributed by atoms with Crippen molar-refractivity contribution in [3.8, 4) is 56.7 Å². The van der Waals surface area contributed by atoms with Gasteiger partial charge in [0.2, 0.25) is 5.95 Å².